The van der Waals surface area contributed by atoms with Gasteiger partial charge in [-0.3, -0.25) is 9.78 Å². The molecule has 0 saturated carbocycles. The Labute approximate surface area is 99.8 Å². The van der Waals surface area contributed by atoms with E-state index < -0.39 is 17.5 Å². The normalized spacial score (nSPS) is 10.8. The van der Waals surface area contributed by atoms with Crippen LogP contribution in [0.5, 0.6) is 0 Å². The lowest BCUT2D eigenvalue weighted by Gasteiger charge is -2.23. The number of aromatic nitrogens is 1. The average molecular weight is 237 g/mol. The second-order valence-electron chi connectivity index (χ2n) is 4.14. The Morgan fingerprint density at radius 1 is 1.41 bits per heavy atom. The molecule has 0 aliphatic carbocycles. The number of esters is 2. The first-order chi connectivity index (χ1) is 7.94. The summed E-state index contributed by atoms with van der Waals surface area (Å²) >= 11 is 0. The van der Waals surface area contributed by atoms with Gasteiger partial charge in [-0.1, -0.05) is 0 Å². The standard InChI is InChI=1S/C12H15NO4/c1-12(2,7-10(14)16-3)17-11(15)9-5-4-6-13-8-9/h4-6,8H,7H2,1-3H3. The van der Waals surface area contributed by atoms with Gasteiger partial charge in [0.05, 0.1) is 19.1 Å². The molecule has 0 unspecified atom stereocenters. The van der Waals surface area contributed by atoms with Crippen LogP contribution in [-0.4, -0.2) is 29.6 Å². The maximum atomic E-state index is 11.7. The van der Waals surface area contributed by atoms with E-state index in [1.165, 1.54) is 13.3 Å². The van der Waals surface area contributed by atoms with E-state index in [1.54, 1.807) is 32.2 Å². The minimum Gasteiger partial charge on any atom is -0.469 e. The molecule has 5 nitrogen and oxygen atoms in total. The second kappa shape index (κ2) is 5.43. The Kier molecular flexibility index (Phi) is 4.20. The van der Waals surface area contributed by atoms with Gasteiger partial charge in [0.25, 0.3) is 0 Å². The third kappa shape index (κ3) is 4.22. The highest BCUT2D eigenvalue weighted by Crippen LogP contribution is 2.17. The fourth-order valence-electron chi connectivity index (χ4n) is 1.25. The van der Waals surface area contributed by atoms with E-state index in [9.17, 15) is 9.59 Å². The van der Waals surface area contributed by atoms with Crippen molar-refractivity contribution in [1.82, 2.24) is 4.98 Å². The zero-order valence-corrected chi connectivity index (χ0v) is 10.1. The summed E-state index contributed by atoms with van der Waals surface area (Å²) in [4.78, 5) is 26.7. The lowest BCUT2D eigenvalue weighted by atomic mass is 10.1. The van der Waals surface area contributed by atoms with Crippen molar-refractivity contribution in [2.24, 2.45) is 0 Å². The average Bonchev–Trinajstić information content (AvgIpc) is 2.28. The van der Waals surface area contributed by atoms with Gasteiger partial charge in [0.1, 0.15) is 5.60 Å². The molecule has 0 aromatic carbocycles. The molecule has 0 aliphatic heterocycles. The molecule has 1 heterocycles. The Balaban J connectivity index is 2.65. The van der Waals surface area contributed by atoms with Crippen LogP contribution in [0.3, 0.4) is 0 Å². The van der Waals surface area contributed by atoms with Gasteiger partial charge < -0.3 is 9.47 Å². The van der Waals surface area contributed by atoms with E-state index in [1.807, 2.05) is 0 Å². The van der Waals surface area contributed by atoms with Crippen LogP contribution < -0.4 is 0 Å². The SMILES string of the molecule is COC(=O)CC(C)(C)OC(=O)c1cccnc1. The zero-order chi connectivity index (χ0) is 12.9. The summed E-state index contributed by atoms with van der Waals surface area (Å²) in [5.74, 6) is -0.930. The van der Waals surface area contributed by atoms with E-state index in [0.717, 1.165) is 0 Å². The van der Waals surface area contributed by atoms with Crippen molar-refractivity contribution in [3.63, 3.8) is 0 Å². The molecule has 0 aliphatic rings. The smallest absolute Gasteiger partial charge is 0.340 e. The van der Waals surface area contributed by atoms with Gasteiger partial charge in [0.15, 0.2) is 0 Å². The summed E-state index contributed by atoms with van der Waals surface area (Å²) in [7, 11) is 1.29. The van der Waals surface area contributed by atoms with E-state index in [-0.39, 0.29) is 6.42 Å². The summed E-state index contributed by atoms with van der Waals surface area (Å²) in [5.41, 5.74) is -0.550. The second-order valence-corrected chi connectivity index (χ2v) is 4.14. The molecule has 0 amide bonds. The molecule has 17 heavy (non-hydrogen) atoms. The summed E-state index contributed by atoms with van der Waals surface area (Å²) in [5, 5.41) is 0. The highest BCUT2D eigenvalue weighted by molar-refractivity contribution is 5.89. The number of hydrogen-bond acceptors (Lipinski definition) is 5. The van der Waals surface area contributed by atoms with Crippen LogP contribution in [0.2, 0.25) is 0 Å². The van der Waals surface area contributed by atoms with Crippen LogP contribution in [0.1, 0.15) is 30.6 Å². The predicted molar refractivity (Wildman–Crippen MR) is 60.4 cm³/mol. The molecule has 0 bridgehead atoms. The monoisotopic (exact) mass is 237 g/mol. The highest BCUT2D eigenvalue weighted by Gasteiger charge is 2.27. The van der Waals surface area contributed by atoms with E-state index in [2.05, 4.69) is 9.72 Å². The van der Waals surface area contributed by atoms with Gasteiger partial charge >= 0.3 is 11.9 Å². The van der Waals surface area contributed by atoms with Crippen molar-refractivity contribution in [3.8, 4) is 0 Å². The molecule has 0 N–H and O–H groups in total. The van der Waals surface area contributed by atoms with Crippen molar-refractivity contribution in [3.05, 3.63) is 30.1 Å². The van der Waals surface area contributed by atoms with Crippen LogP contribution in [0.15, 0.2) is 24.5 Å². The minimum absolute atomic E-state index is 0.00943. The number of rotatable bonds is 4. The highest BCUT2D eigenvalue weighted by atomic mass is 16.6. The molecule has 1 aromatic heterocycles. The summed E-state index contributed by atoms with van der Waals surface area (Å²) < 4.78 is 9.75. The molecule has 1 rings (SSSR count). The first-order valence-electron chi connectivity index (χ1n) is 5.15. The Hall–Kier alpha value is -1.91. The summed E-state index contributed by atoms with van der Waals surface area (Å²) in [6.07, 6.45) is 2.99. The predicted octanol–water partition coefficient (Wildman–Crippen LogP) is 1.58. The van der Waals surface area contributed by atoms with Crippen LogP contribution in [0, 0.1) is 0 Å². The van der Waals surface area contributed by atoms with Gasteiger partial charge in [0.2, 0.25) is 0 Å². The third-order valence-corrected chi connectivity index (χ3v) is 2.06. The molecule has 1 aromatic rings. The van der Waals surface area contributed by atoms with E-state index >= 15 is 0 Å². The maximum Gasteiger partial charge on any atom is 0.340 e. The van der Waals surface area contributed by atoms with Gasteiger partial charge in [-0.25, -0.2) is 4.79 Å². The van der Waals surface area contributed by atoms with E-state index in [4.69, 9.17) is 4.74 Å². The number of carbonyl (C=O) groups is 2. The molecule has 0 atom stereocenters. The van der Waals surface area contributed by atoms with Crippen LogP contribution in [0.25, 0.3) is 0 Å². The fourth-order valence-corrected chi connectivity index (χ4v) is 1.25. The molecule has 5 heteroatoms. The molecule has 92 valence electrons. The van der Waals surface area contributed by atoms with Gasteiger partial charge in [-0.05, 0) is 26.0 Å². The zero-order valence-electron chi connectivity index (χ0n) is 10.1. The molecular weight excluding hydrogens is 222 g/mol. The first kappa shape index (κ1) is 13.2. The quantitative estimate of drug-likeness (QED) is 0.744. The largest absolute Gasteiger partial charge is 0.469 e. The van der Waals surface area contributed by atoms with Crippen molar-refractivity contribution >= 4 is 11.9 Å². The third-order valence-electron chi connectivity index (χ3n) is 2.06. The number of nitrogens with zero attached hydrogens (tertiary/aromatic N) is 1. The van der Waals surface area contributed by atoms with Crippen LogP contribution >= 0.6 is 0 Å². The Morgan fingerprint density at radius 2 is 2.12 bits per heavy atom. The first-order valence-corrected chi connectivity index (χ1v) is 5.15. The number of pyridine rings is 1. The Morgan fingerprint density at radius 3 is 2.65 bits per heavy atom. The van der Waals surface area contributed by atoms with Gasteiger partial charge in [-0.2, -0.15) is 0 Å². The molecule has 0 saturated heterocycles. The number of hydrogen-bond donors (Lipinski definition) is 0. The maximum absolute atomic E-state index is 11.7. The van der Waals surface area contributed by atoms with Crippen molar-refractivity contribution in [1.29, 1.82) is 0 Å². The lowest BCUT2D eigenvalue weighted by Crippen LogP contribution is -2.31. The molecule has 0 fully saturated rings. The summed E-state index contributed by atoms with van der Waals surface area (Å²) in [6.45, 7) is 3.30. The summed E-state index contributed by atoms with van der Waals surface area (Å²) in [6, 6.07) is 3.24. The molecule has 0 radical (unpaired) electrons. The number of methoxy groups -OCH3 is 1. The number of carbonyl (C=O) groups excluding carboxylic acids is 2. The van der Waals surface area contributed by atoms with Crippen molar-refractivity contribution < 1.29 is 19.1 Å². The fraction of sp³-hybridized carbons (Fsp3) is 0.417. The lowest BCUT2D eigenvalue weighted by molar-refractivity contribution is -0.145. The van der Waals surface area contributed by atoms with E-state index in [0.29, 0.717) is 5.56 Å². The van der Waals surface area contributed by atoms with Gasteiger partial charge in [0, 0.05) is 12.4 Å². The number of ether oxygens (including phenoxy) is 2. The topological polar surface area (TPSA) is 65.5 Å². The van der Waals surface area contributed by atoms with Crippen molar-refractivity contribution in [2.45, 2.75) is 25.9 Å². The van der Waals surface area contributed by atoms with Crippen molar-refractivity contribution in [2.75, 3.05) is 7.11 Å². The minimum atomic E-state index is -0.903. The molecular formula is C12H15NO4. The van der Waals surface area contributed by atoms with Gasteiger partial charge in [-0.15, -0.1) is 0 Å². The van der Waals surface area contributed by atoms with Crippen LogP contribution in [0.4, 0.5) is 0 Å². The molecule has 0 spiro atoms. The Bertz CT molecular complexity index is 400. The van der Waals surface area contributed by atoms with Crippen LogP contribution in [-0.2, 0) is 14.3 Å².